The molecule has 0 aliphatic carbocycles. The average Bonchev–Trinajstić information content (AvgIpc) is 2.82. The molecule has 0 radical (unpaired) electrons. The number of hydrogen-bond donors (Lipinski definition) is 0. The van der Waals surface area contributed by atoms with E-state index < -0.39 is 0 Å². The summed E-state index contributed by atoms with van der Waals surface area (Å²) >= 11 is 7.22. The molecule has 19 heavy (non-hydrogen) atoms. The summed E-state index contributed by atoms with van der Waals surface area (Å²) in [6, 6.07) is 3.73. The van der Waals surface area contributed by atoms with E-state index in [-0.39, 0.29) is 0 Å². The number of nitrogens with zero attached hydrogens (tertiary/aromatic N) is 4. The zero-order valence-electron chi connectivity index (χ0n) is 10.4. The maximum absolute atomic E-state index is 5.55. The van der Waals surface area contributed by atoms with E-state index in [0.29, 0.717) is 17.4 Å². The first-order chi connectivity index (χ1) is 9.33. The molecule has 1 aliphatic rings. The van der Waals surface area contributed by atoms with E-state index in [1.165, 1.54) is 11.5 Å². The highest BCUT2D eigenvalue weighted by Crippen LogP contribution is 2.17. The van der Waals surface area contributed by atoms with E-state index in [2.05, 4.69) is 15.0 Å². The first kappa shape index (κ1) is 12.8. The molecule has 2 aromatic rings. The largest absolute Gasteiger partial charge is 0.409 e. The summed E-state index contributed by atoms with van der Waals surface area (Å²) in [5, 5.41) is 4.44. The van der Waals surface area contributed by atoms with E-state index in [4.69, 9.17) is 16.6 Å². The normalized spacial score (nSPS) is 16.6. The Labute approximate surface area is 120 Å². The van der Waals surface area contributed by atoms with Crippen molar-refractivity contribution >= 4 is 24.0 Å². The van der Waals surface area contributed by atoms with Crippen molar-refractivity contribution in [3.8, 4) is 11.5 Å². The first-order valence-electron chi connectivity index (χ1n) is 6.11. The third-order valence-electron chi connectivity index (χ3n) is 2.97. The Morgan fingerprint density at radius 1 is 1.26 bits per heavy atom. The molecule has 0 bridgehead atoms. The fourth-order valence-corrected chi connectivity index (χ4v) is 3.10. The topological polar surface area (TPSA) is 47.1 Å². The highest BCUT2D eigenvalue weighted by atomic mass is 32.2. The molecule has 0 N–H and O–H groups in total. The van der Waals surface area contributed by atoms with Crippen molar-refractivity contribution in [1.29, 1.82) is 0 Å². The monoisotopic (exact) mass is 294 g/mol. The number of aromatic nitrogens is 3. The minimum atomic E-state index is 0.421. The van der Waals surface area contributed by atoms with Gasteiger partial charge in [-0.3, -0.25) is 9.88 Å². The van der Waals surface area contributed by atoms with Crippen LogP contribution in [0, 0.1) is 4.84 Å². The summed E-state index contributed by atoms with van der Waals surface area (Å²) in [4.78, 5) is 6.74. The van der Waals surface area contributed by atoms with Crippen molar-refractivity contribution in [2.24, 2.45) is 0 Å². The Morgan fingerprint density at radius 2 is 2.00 bits per heavy atom. The predicted molar refractivity (Wildman–Crippen MR) is 77.5 cm³/mol. The van der Waals surface area contributed by atoms with E-state index >= 15 is 0 Å². The number of pyridine rings is 1. The summed E-state index contributed by atoms with van der Waals surface area (Å²) in [6.07, 6.45) is 3.43. The lowest BCUT2D eigenvalue weighted by Gasteiger charge is -2.25. The summed E-state index contributed by atoms with van der Waals surface area (Å²) in [7, 11) is 0. The fourth-order valence-electron chi connectivity index (χ4n) is 1.94. The second-order valence-corrected chi connectivity index (χ2v) is 5.85. The molecule has 0 unspecified atom stereocenters. The van der Waals surface area contributed by atoms with Crippen LogP contribution < -0.4 is 0 Å². The molecule has 0 aromatic carbocycles. The van der Waals surface area contributed by atoms with Gasteiger partial charge in [-0.25, -0.2) is 4.68 Å². The van der Waals surface area contributed by atoms with Gasteiger partial charge >= 0.3 is 0 Å². The van der Waals surface area contributed by atoms with Gasteiger partial charge in [-0.1, -0.05) is 0 Å². The van der Waals surface area contributed by atoms with Gasteiger partial charge in [-0.2, -0.15) is 11.8 Å². The molecule has 1 saturated heterocycles. The Hall–Kier alpha value is -1.18. The summed E-state index contributed by atoms with van der Waals surface area (Å²) in [5.74, 6) is 2.89. The minimum absolute atomic E-state index is 0.421. The molecule has 1 aliphatic heterocycles. The number of thioether (sulfide) groups is 1. The van der Waals surface area contributed by atoms with E-state index in [0.717, 1.165) is 18.7 Å². The van der Waals surface area contributed by atoms with Crippen LogP contribution in [0.5, 0.6) is 0 Å². The SMILES string of the molecule is S=c1oc(-c2ccncc2)nn1CN1CCSCC1. The molecule has 100 valence electrons. The van der Waals surface area contributed by atoms with Gasteiger partial charge in [0.15, 0.2) is 0 Å². The fraction of sp³-hybridized carbons (Fsp3) is 0.417. The Kier molecular flexibility index (Phi) is 3.95. The standard InChI is InChI=1S/C12H14N4OS2/c18-12-16(9-15-5-7-19-8-6-15)14-11(17-12)10-1-3-13-4-2-10/h1-4H,5-9H2. The van der Waals surface area contributed by atoms with Crippen LogP contribution in [0.1, 0.15) is 0 Å². The van der Waals surface area contributed by atoms with Crippen molar-refractivity contribution in [2.75, 3.05) is 24.6 Å². The summed E-state index contributed by atoms with van der Waals surface area (Å²) in [6.45, 7) is 2.85. The van der Waals surface area contributed by atoms with Gasteiger partial charge < -0.3 is 4.42 Å². The molecule has 0 atom stereocenters. The predicted octanol–water partition coefficient (Wildman–Crippen LogP) is 2.27. The van der Waals surface area contributed by atoms with Crippen molar-refractivity contribution < 1.29 is 4.42 Å². The van der Waals surface area contributed by atoms with Gasteiger partial charge in [0.1, 0.15) is 0 Å². The van der Waals surface area contributed by atoms with Crippen LogP contribution >= 0.6 is 24.0 Å². The van der Waals surface area contributed by atoms with E-state index in [1.54, 1.807) is 17.1 Å². The van der Waals surface area contributed by atoms with Gasteiger partial charge in [0, 0.05) is 42.6 Å². The van der Waals surface area contributed by atoms with Gasteiger partial charge in [0.25, 0.3) is 4.84 Å². The minimum Gasteiger partial charge on any atom is -0.409 e. The second kappa shape index (κ2) is 5.85. The van der Waals surface area contributed by atoms with Crippen LogP contribution in [0.15, 0.2) is 28.9 Å². The van der Waals surface area contributed by atoms with Crippen LogP contribution in [-0.4, -0.2) is 44.3 Å². The molecule has 0 spiro atoms. The van der Waals surface area contributed by atoms with Crippen LogP contribution in [0.4, 0.5) is 0 Å². The van der Waals surface area contributed by atoms with Crippen LogP contribution in [0.3, 0.4) is 0 Å². The van der Waals surface area contributed by atoms with Crippen molar-refractivity contribution in [2.45, 2.75) is 6.67 Å². The second-order valence-electron chi connectivity index (χ2n) is 4.28. The van der Waals surface area contributed by atoms with Crippen LogP contribution in [0.2, 0.25) is 0 Å². The molecule has 2 aromatic heterocycles. The third-order valence-corrected chi connectivity index (χ3v) is 4.21. The third kappa shape index (κ3) is 3.05. The number of hydrogen-bond acceptors (Lipinski definition) is 6. The van der Waals surface area contributed by atoms with E-state index in [9.17, 15) is 0 Å². The summed E-state index contributed by atoms with van der Waals surface area (Å²) in [5.41, 5.74) is 0.897. The molecular formula is C12H14N4OS2. The molecule has 7 heteroatoms. The van der Waals surface area contributed by atoms with Gasteiger partial charge in [-0.05, 0) is 24.4 Å². The highest BCUT2D eigenvalue weighted by molar-refractivity contribution is 7.99. The van der Waals surface area contributed by atoms with Gasteiger partial charge in [0.05, 0.1) is 6.67 Å². The maximum Gasteiger partial charge on any atom is 0.288 e. The van der Waals surface area contributed by atoms with Crippen LogP contribution in [0.25, 0.3) is 11.5 Å². The smallest absolute Gasteiger partial charge is 0.288 e. The Balaban J connectivity index is 1.79. The highest BCUT2D eigenvalue weighted by Gasteiger charge is 2.14. The first-order valence-corrected chi connectivity index (χ1v) is 7.68. The summed E-state index contributed by atoms with van der Waals surface area (Å²) < 4.78 is 7.30. The molecule has 0 saturated carbocycles. The molecule has 3 heterocycles. The molecular weight excluding hydrogens is 280 g/mol. The maximum atomic E-state index is 5.55. The molecule has 1 fully saturated rings. The Morgan fingerprint density at radius 3 is 2.74 bits per heavy atom. The molecule has 5 nitrogen and oxygen atoms in total. The van der Waals surface area contributed by atoms with Crippen molar-refractivity contribution in [3.05, 3.63) is 29.4 Å². The quantitative estimate of drug-likeness (QED) is 0.809. The number of rotatable bonds is 3. The molecule has 3 rings (SSSR count). The van der Waals surface area contributed by atoms with Gasteiger partial charge in [0.2, 0.25) is 5.89 Å². The van der Waals surface area contributed by atoms with E-state index in [1.807, 2.05) is 23.9 Å². The lowest BCUT2D eigenvalue weighted by Crippen LogP contribution is -2.34. The average molecular weight is 294 g/mol. The zero-order chi connectivity index (χ0) is 13.1. The molecule has 0 amide bonds. The Bertz CT molecular complexity index is 589. The lowest BCUT2D eigenvalue weighted by molar-refractivity contribution is 0.223. The van der Waals surface area contributed by atoms with Gasteiger partial charge in [-0.15, -0.1) is 5.10 Å². The lowest BCUT2D eigenvalue weighted by atomic mass is 10.3. The van der Waals surface area contributed by atoms with Crippen LogP contribution in [-0.2, 0) is 6.67 Å². The van der Waals surface area contributed by atoms with Crippen molar-refractivity contribution in [1.82, 2.24) is 19.7 Å². The van der Waals surface area contributed by atoms with Crippen molar-refractivity contribution in [3.63, 3.8) is 0 Å². The zero-order valence-corrected chi connectivity index (χ0v) is 12.0.